The van der Waals surface area contributed by atoms with Crippen molar-refractivity contribution in [3.8, 4) is 17.2 Å². The van der Waals surface area contributed by atoms with Crippen LogP contribution in [-0.4, -0.2) is 25.5 Å². The molecule has 2 aromatic rings. The molecule has 3 rings (SSSR count). The fourth-order valence-electron chi connectivity index (χ4n) is 2.21. The maximum absolute atomic E-state index is 12.2. The number of ether oxygens (including phenoxy) is 3. The van der Waals surface area contributed by atoms with Crippen molar-refractivity contribution in [2.24, 2.45) is 5.10 Å². The molecule has 0 saturated carbocycles. The van der Waals surface area contributed by atoms with Gasteiger partial charge in [-0.2, -0.15) is 5.10 Å². The number of methoxy groups -OCH3 is 1. The van der Waals surface area contributed by atoms with Crippen molar-refractivity contribution in [3.05, 3.63) is 53.6 Å². The molecule has 1 N–H and O–H groups in total. The molecule has 1 aliphatic rings. The van der Waals surface area contributed by atoms with Gasteiger partial charge in [0.15, 0.2) is 11.5 Å². The number of rotatable bonds is 4. The minimum atomic E-state index is -0.331. The summed E-state index contributed by atoms with van der Waals surface area (Å²) in [4.78, 5) is 12.2. The summed E-state index contributed by atoms with van der Waals surface area (Å²) in [5.74, 6) is 1.55. The first kappa shape index (κ1) is 14.9. The normalized spacial score (nSPS) is 12.9. The summed E-state index contributed by atoms with van der Waals surface area (Å²) in [5, 5.41) is 4.14. The van der Waals surface area contributed by atoms with E-state index in [2.05, 4.69) is 10.5 Å². The Balaban J connectivity index is 1.75. The highest BCUT2D eigenvalue weighted by atomic mass is 16.7. The number of carbonyl (C=O) groups excluding carboxylic acids is 1. The number of amides is 1. The lowest BCUT2D eigenvalue weighted by atomic mass is 10.1. The van der Waals surface area contributed by atoms with Gasteiger partial charge in [-0.15, -0.1) is 0 Å². The molecule has 0 unspecified atom stereocenters. The summed E-state index contributed by atoms with van der Waals surface area (Å²) in [6.07, 6.45) is 0. The van der Waals surface area contributed by atoms with Crippen molar-refractivity contribution in [1.29, 1.82) is 0 Å². The van der Waals surface area contributed by atoms with Gasteiger partial charge in [0, 0.05) is 5.56 Å². The highest BCUT2D eigenvalue weighted by Crippen LogP contribution is 2.32. The van der Waals surface area contributed by atoms with Crippen LogP contribution in [0.15, 0.2) is 47.6 Å². The zero-order chi connectivity index (χ0) is 16.2. The first-order valence-electron chi connectivity index (χ1n) is 7.06. The lowest BCUT2D eigenvalue weighted by molar-refractivity contribution is 0.0952. The van der Waals surface area contributed by atoms with E-state index in [1.165, 1.54) is 7.11 Å². The van der Waals surface area contributed by atoms with Gasteiger partial charge in [-0.05, 0) is 37.3 Å². The number of nitrogens with zero attached hydrogens (tertiary/aromatic N) is 1. The number of benzene rings is 2. The first-order valence-corrected chi connectivity index (χ1v) is 7.06. The minimum Gasteiger partial charge on any atom is -0.496 e. The maximum atomic E-state index is 12.2. The third-order valence-electron chi connectivity index (χ3n) is 3.47. The van der Waals surface area contributed by atoms with Crippen LogP contribution in [0.1, 0.15) is 22.8 Å². The number of nitrogens with one attached hydrogen (secondary N) is 1. The number of carbonyl (C=O) groups is 1. The van der Waals surface area contributed by atoms with E-state index in [1.807, 2.05) is 18.2 Å². The molecule has 0 aromatic heterocycles. The van der Waals surface area contributed by atoms with E-state index in [9.17, 15) is 4.79 Å². The van der Waals surface area contributed by atoms with Gasteiger partial charge in [0.1, 0.15) is 5.75 Å². The third-order valence-corrected chi connectivity index (χ3v) is 3.47. The Morgan fingerprint density at radius 2 is 1.96 bits per heavy atom. The number of hydrogen-bond acceptors (Lipinski definition) is 5. The summed E-state index contributed by atoms with van der Waals surface area (Å²) in [5.41, 5.74) is 4.47. The molecule has 0 saturated heterocycles. The molecule has 0 radical (unpaired) electrons. The van der Waals surface area contributed by atoms with Crippen molar-refractivity contribution in [1.82, 2.24) is 5.43 Å². The Morgan fingerprint density at radius 3 is 2.78 bits per heavy atom. The molecule has 1 aliphatic heterocycles. The Hall–Kier alpha value is -3.02. The topological polar surface area (TPSA) is 69.2 Å². The number of hydrazone groups is 1. The van der Waals surface area contributed by atoms with Crippen LogP contribution < -0.4 is 19.6 Å². The zero-order valence-corrected chi connectivity index (χ0v) is 12.8. The average molecular weight is 312 g/mol. The van der Waals surface area contributed by atoms with Crippen LogP contribution >= 0.6 is 0 Å². The van der Waals surface area contributed by atoms with E-state index in [-0.39, 0.29) is 12.7 Å². The zero-order valence-electron chi connectivity index (χ0n) is 12.8. The highest BCUT2D eigenvalue weighted by Gasteiger charge is 2.15. The van der Waals surface area contributed by atoms with Gasteiger partial charge in [-0.1, -0.05) is 12.1 Å². The molecular formula is C17H16N2O4. The smallest absolute Gasteiger partial charge is 0.275 e. The van der Waals surface area contributed by atoms with Gasteiger partial charge in [-0.25, -0.2) is 5.43 Å². The summed E-state index contributed by atoms with van der Waals surface area (Å²) >= 11 is 0. The molecule has 1 amide bonds. The van der Waals surface area contributed by atoms with Gasteiger partial charge in [-0.3, -0.25) is 4.79 Å². The molecule has 0 atom stereocenters. The van der Waals surface area contributed by atoms with Crippen LogP contribution in [-0.2, 0) is 0 Å². The molecule has 0 aliphatic carbocycles. The Kier molecular flexibility index (Phi) is 4.14. The monoisotopic (exact) mass is 312 g/mol. The van der Waals surface area contributed by atoms with Gasteiger partial charge < -0.3 is 14.2 Å². The Morgan fingerprint density at radius 1 is 1.17 bits per heavy atom. The van der Waals surface area contributed by atoms with Crippen molar-refractivity contribution in [3.63, 3.8) is 0 Å². The molecule has 0 fully saturated rings. The molecule has 118 valence electrons. The SMILES string of the molecule is COc1ccccc1C(=O)NN=C(C)c1ccc2c(c1)OCO2. The fourth-order valence-corrected chi connectivity index (χ4v) is 2.21. The van der Waals surface area contributed by atoms with E-state index in [4.69, 9.17) is 14.2 Å². The van der Waals surface area contributed by atoms with Crippen molar-refractivity contribution in [2.45, 2.75) is 6.92 Å². The minimum absolute atomic E-state index is 0.222. The second kappa shape index (κ2) is 6.39. The van der Waals surface area contributed by atoms with Crippen LogP contribution in [0.3, 0.4) is 0 Å². The summed E-state index contributed by atoms with van der Waals surface area (Å²) in [7, 11) is 1.52. The van der Waals surface area contributed by atoms with E-state index < -0.39 is 0 Å². The maximum Gasteiger partial charge on any atom is 0.275 e. The summed E-state index contributed by atoms with van der Waals surface area (Å²) in [6.45, 7) is 2.03. The lowest BCUT2D eigenvalue weighted by Gasteiger charge is -2.07. The Bertz CT molecular complexity index is 771. The van der Waals surface area contributed by atoms with Crippen LogP contribution in [0.2, 0.25) is 0 Å². The number of fused-ring (bicyclic) bond motifs is 1. The summed E-state index contributed by atoms with van der Waals surface area (Å²) < 4.78 is 15.8. The quantitative estimate of drug-likeness (QED) is 0.696. The molecule has 0 bridgehead atoms. The molecule has 23 heavy (non-hydrogen) atoms. The summed E-state index contributed by atoms with van der Waals surface area (Å²) in [6, 6.07) is 12.5. The standard InChI is InChI=1S/C17H16N2O4/c1-11(12-7-8-15-16(9-12)23-10-22-15)18-19-17(20)13-5-3-4-6-14(13)21-2/h3-9H,10H2,1-2H3,(H,19,20). The number of hydrogen-bond donors (Lipinski definition) is 1. The predicted octanol–water partition coefficient (Wildman–Crippen LogP) is 2.58. The molecule has 2 aromatic carbocycles. The van der Waals surface area contributed by atoms with Crippen molar-refractivity contribution < 1.29 is 19.0 Å². The molecular weight excluding hydrogens is 296 g/mol. The van der Waals surface area contributed by atoms with E-state index in [0.717, 1.165) is 5.56 Å². The van der Waals surface area contributed by atoms with Gasteiger partial charge in [0.25, 0.3) is 5.91 Å². The fraction of sp³-hybridized carbons (Fsp3) is 0.176. The lowest BCUT2D eigenvalue weighted by Crippen LogP contribution is -2.20. The molecule has 6 nitrogen and oxygen atoms in total. The predicted molar refractivity (Wildman–Crippen MR) is 85.2 cm³/mol. The second-order valence-electron chi connectivity index (χ2n) is 4.91. The number of para-hydroxylation sites is 1. The molecule has 0 spiro atoms. The van der Waals surface area contributed by atoms with Crippen LogP contribution in [0.4, 0.5) is 0 Å². The third kappa shape index (κ3) is 3.11. The average Bonchev–Trinajstić information content (AvgIpc) is 3.06. The highest BCUT2D eigenvalue weighted by molar-refractivity contribution is 6.02. The first-order chi connectivity index (χ1) is 11.2. The van der Waals surface area contributed by atoms with E-state index in [1.54, 1.807) is 31.2 Å². The van der Waals surface area contributed by atoms with Crippen LogP contribution in [0.5, 0.6) is 17.2 Å². The molecule has 6 heteroatoms. The van der Waals surface area contributed by atoms with Gasteiger partial charge in [0.05, 0.1) is 18.4 Å². The van der Waals surface area contributed by atoms with E-state index in [0.29, 0.717) is 28.5 Å². The largest absolute Gasteiger partial charge is 0.496 e. The van der Waals surface area contributed by atoms with Gasteiger partial charge in [0.2, 0.25) is 6.79 Å². The van der Waals surface area contributed by atoms with Gasteiger partial charge >= 0.3 is 0 Å². The molecule has 1 heterocycles. The van der Waals surface area contributed by atoms with E-state index >= 15 is 0 Å². The van der Waals surface area contributed by atoms with Crippen molar-refractivity contribution >= 4 is 11.6 Å². The van der Waals surface area contributed by atoms with Crippen LogP contribution in [0.25, 0.3) is 0 Å². The Labute approximate surface area is 133 Å². The van der Waals surface area contributed by atoms with Crippen LogP contribution in [0, 0.1) is 0 Å². The van der Waals surface area contributed by atoms with Crippen molar-refractivity contribution in [2.75, 3.05) is 13.9 Å². The second-order valence-corrected chi connectivity index (χ2v) is 4.91.